The first-order valence-corrected chi connectivity index (χ1v) is 6.60. The van der Waals surface area contributed by atoms with E-state index in [1.54, 1.807) is 12.1 Å². The topological polar surface area (TPSA) is 51.0 Å². The number of aromatic nitrogens is 2. The van der Waals surface area contributed by atoms with Crippen LogP contribution in [0.15, 0.2) is 53.3 Å². The third-order valence-corrected chi connectivity index (χ3v) is 3.15. The molecule has 106 valence electrons. The molecule has 0 aliphatic heterocycles. The van der Waals surface area contributed by atoms with Gasteiger partial charge in [0.15, 0.2) is 0 Å². The van der Waals surface area contributed by atoms with Gasteiger partial charge in [0.25, 0.3) is 0 Å². The molecule has 0 fully saturated rings. The van der Waals surface area contributed by atoms with Crippen LogP contribution in [0.1, 0.15) is 17.0 Å². The largest absolute Gasteiger partial charge is 0.362 e. The lowest BCUT2D eigenvalue weighted by Gasteiger charge is -2.07. The molecule has 0 amide bonds. The van der Waals surface area contributed by atoms with Crippen LogP contribution in [-0.2, 0) is 6.42 Å². The summed E-state index contributed by atoms with van der Waals surface area (Å²) in [5.41, 5.74) is 2.95. The highest BCUT2D eigenvalue weighted by atomic mass is 19.1. The molecule has 0 aliphatic carbocycles. The number of hydrogen-bond acceptors (Lipinski definition) is 4. The predicted molar refractivity (Wildman–Crippen MR) is 78.0 cm³/mol. The fraction of sp³-hybridized carbons (Fsp3) is 0.125. The van der Waals surface area contributed by atoms with Gasteiger partial charge in [-0.3, -0.25) is 0 Å². The summed E-state index contributed by atoms with van der Waals surface area (Å²) in [7, 11) is 0. The SMILES string of the molecule is Cc1nocc1Nc1cccc(Cc2ccccc2F)n1. The highest BCUT2D eigenvalue weighted by Crippen LogP contribution is 2.19. The molecule has 21 heavy (non-hydrogen) atoms. The predicted octanol–water partition coefficient (Wildman–Crippen LogP) is 3.85. The minimum Gasteiger partial charge on any atom is -0.362 e. The van der Waals surface area contributed by atoms with Crippen molar-refractivity contribution in [3.05, 3.63) is 71.5 Å². The lowest BCUT2D eigenvalue weighted by atomic mass is 10.1. The summed E-state index contributed by atoms with van der Waals surface area (Å²) in [6.07, 6.45) is 1.98. The maximum atomic E-state index is 13.7. The van der Waals surface area contributed by atoms with Gasteiger partial charge in [-0.05, 0) is 30.7 Å². The molecule has 5 heteroatoms. The number of benzene rings is 1. The standard InChI is InChI=1S/C16H14FN3O/c1-11-15(10-21-20-11)19-16-8-4-6-13(18-16)9-12-5-2-3-7-14(12)17/h2-8,10H,9H2,1H3,(H,18,19). The summed E-state index contributed by atoms with van der Waals surface area (Å²) in [4.78, 5) is 4.48. The molecular formula is C16H14FN3O. The smallest absolute Gasteiger partial charge is 0.147 e. The van der Waals surface area contributed by atoms with Crippen molar-refractivity contribution in [3.8, 4) is 0 Å². The Kier molecular flexibility index (Phi) is 3.64. The normalized spacial score (nSPS) is 10.6. The Morgan fingerprint density at radius 1 is 1.14 bits per heavy atom. The van der Waals surface area contributed by atoms with Crippen molar-refractivity contribution in [2.45, 2.75) is 13.3 Å². The summed E-state index contributed by atoms with van der Waals surface area (Å²) in [6.45, 7) is 1.84. The van der Waals surface area contributed by atoms with Gasteiger partial charge in [0, 0.05) is 12.1 Å². The highest BCUT2D eigenvalue weighted by molar-refractivity contribution is 5.56. The third kappa shape index (κ3) is 3.08. The van der Waals surface area contributed by atoms with E-state index in [-0.39, 0.29) is 5.82 Å². The zero-order chi connectivity index (χ0) is 14.7. The first kappa shape index (κ1) is 13.3. The van der Waals surface area contributed by atoms with Gasteiger partial charge in [0.1, 0.15) is 29.3 Å². The Morgan fingerprint density at radius 2 is 2.00 bits per heavy atom. The molecular weight excluding hydrogens is 269 g/mol. The summed E-state index contributed by atoms with van der Waals surface area (Å²) < 4.78 is 18.5. The van der Waals surface area contributed by atoms with Crippen molar-refractivity contribution in [1.82, 2.24) is 10.1 Å². The second kappa shape index (κ2) is 5.75. The average molecular weight is 283 g/mol. The maximum Gasteiger partial charge on any atom is 0.147 e. The molecule has 1 aromatic carbocycles. The number of nitrogens with one attached hydrogen (secondary N) is 1. The lowest BCUT2D eigenvalue weighted by Crippen LogP contribution is -1.99. The molecule has 0 unspecified atom stereocenters. The summed E-state index contributed by atoms with van der Waals surface area (Å²) >= 11 is 0. The van der Waals surface area contributed by atoms with Crippen molar-refractivity contribution in [3.63, 3.8) is 0 Å². The van der Waals surface area contributed by atoms with E-state index < -0.39 is 0 Å². The van der Waals surface area contributed by atoms with Gasteiger partial charge in [-0.2, -0.15) is 0 Å². The van der Waals surface area contributed by atoms with Crippen molar-refractivity contribution in [1.29, 1.82) is 0 Å². The first-order chi connectivity index (χ1) is 10.2. The fourth-order valence-electron chi connectivity index (χ4n) is 2.03. The van der Waals surface area contributed by atoms with Crippen LogP contribution in [0.3, 0.4) is 0 Å². The molecule has 0 saturated heterocycles. The Morgan fingerprint density at radius 3 is 2.76 bits per heavy atom. The number of nitrogens with zero attached hydrogens (tertiary/aromatic N) is 2. The van der Waals surface area contributed by atoms with Crippen LogP contribution in [0.5, 0.6) is 0 Å². The second-order valence-electron chi connectivity index (χ2n) is 4.72. The molecule has 0 radical (unpaired) electrons. The fourth-order valence-corrected chi connectivity index (χ4v) is 2.03. The molecule has 3 rings (SSSR count). The summed E-state index contributed by atoms with van der Waals surface area (Å²) in [6, 6.07) is 12.3. The van der Waals surface area contributed by atoms with Crippen LogP contribution in [0.2, 0.25) is 0 Å². The monoisotopic (exact) mass is 283 g/mol. The lowest BCUT2D eigenvalue weighted by molar-refractivity contribution is 0.415. The van der Waals surface area contributed by atoms with E-state index in [1.807, 2.05) is 31.2 Å². The molecule has 0 spiro atoms. The highest BCUT2D eigenvalue weighted by Gasteiger charge is 2.06. The third-order valence-electron chi connectivity index (χ3n) is 3.15. The Labute approximate surface area is 121 Å². The van der Waals surface area contributed by atoms with Gasteiger partial charge in [-0.25, -0.2) is 9.37 Å². The zero-order valence-electron chi connectivity index (χ0n) is 11.5. The molecule has 3 aromatic rings. The van der Waals surface area contributed by atoms with Gasteiger partial charge >= 0.3 is 0 Å². The van der Waals surface area contributed by atoms with E-state index in [1.165, 1.54) is 12.3 Å². The van der Waals surface area contributed by atoms with Crippen molar-refractivity contribution >= 4 is 11.5 Å². The molecule has 0 bridgehead atoms. The second-order valence-corrected chi connectivity index (χ2v) is 4.72. The maximum absolute atomic E-state index is 13.7. The number of aryl methyl sites for hydroxylation is 1. The minimum atomic E-state index is -0.215. The Bertz CT molecular complexity index is 755. The number of pyridine rings is 1. The van der Waals surface area contributed by atoms with Crippen LogP contribution < -0.4 is 5.32 Å². The van der Waals surface area contributed by atoms with E-state index >= 15 is 0 Å². The van der Waals surface area contributed by atoms with Crippen molar-refractivity contribution in [2.75, 3.05) is 5.32 Å². The van der Waals surface area contributed by atoms with Gasteiger partial charge in [0.2, 0.25) is 0 Å². The van der Waals surface area contributed by atoms with Gasteiger partial charge in [-0.15, -0.1) is 0 Å². The van der Waals surface area contributed by atoms with E-state index in [2.05, 4.69) is 15.5 Å². The minimum absolute atomic E-state index is 0.215. The van der Waals surface area contributed by atoms with E-state index in [0.717, 1.165) is 17.1 Å². The number of halogens is 1. The molecule has 0 atom stereocenters. The van der Waals surface area contributed by atoms with E-state index in [4.69, 9.17) is 4.52 Å². The average Bonchev–Trinajstić information content (AvgIpc) is 2.87. The van der Waals surface area contributed by atoms with Gasteiger partial charge in [-0.1, -0.05) is 29.4 Å². The Balaban J connectivity index is 1.80. The van der Waals surface area contributed by atoms with Crippen LogP contribution in [0.25, 0.3) is 0 Å². The van der Waals surface area contributed by atoms with Crippen LogP contribution in [0, 0.1) is 12.7 Å². The van der Waals surface area contributed by atoms with E-state index in [9.17, 15) is 4.39 Å². The van der Waals surface area contributed by atoms with Crippen LogP contribution in [-0.4, -0.2) is 10.1 Å². The number of rotatable bonds is 4. The Hall–Kier alpha value is -2.69. The molecule has 1 N–H and O–H groups in total. The summed E-state index contributed by atoms with van der Waals surface area (Å²) in [5.74, 6) is 0.461. The molecule has 0 aliphatic rings. The molecule has 0 saturated carbocycles. The van der Waals surface area contributed by atoms with Gasteiger partial charge in [0.05, 0.1) is 0 Å². The molecule has 2 heterocycles. The van der Waals surface area contributed by atoms with Crippen LogP contribution >= 0.6 is 0 Å². The van der Waals surface area contributed by atoms with Gasteiger partial charge < -0.3 is 9.84 Å². The number of hydrogen-bond donors (Lipinski definition) is 1. The van der Waals surface area contributed by atoms with Crippen molar-refractivity contribution < 1.29 is 8.91 Å². The molecule has 2 aromatic heterocycles. The quantitative estimate of drug-likeness (QED) is 0.790. The zero-order valence-corrected chi connectivity index (χ0v) is 11.5. The molecule has 4 nitrogen and oxygen atoms in total. The van der Waals surface area contributed by atoms with E-state index in [0.29, 0.717) is 17.8 Å². The van der Waals surface area contributed by atoms with Crippen LogP contribution in [0.4, 0.5) is 15.9 Å². The number of anilines is 2. The first-order valence-electron chi connectivity index (χ1n) is 6.60. The summed E-state index contributed by atoms with van der Waals surface area (Å²) in [5, 5.41) is 6.93. The van der Waals surface area contributed by atoms with Crippen molar-refractivity contribution in [2.24, 2.45) is 0 Å².